The van der Waals surface area contributed by atoms with Crippen molar-refractivity contribution in [3.05, 3.63) is 34.4 Å². The van der Waals surface area contributed by atoms with Crippen LogP contribution in [0.1, 0.15) is 5.69 Å². The molecule has 0 radical (unpaired) electrons. The summed E-state index contributed by atoms with van der Waals surface area (Å²) in [7, 11) is 1.62. The van der Waals surface area contributed by atoms with E-state index in [1.54, 1.807) is 7.11 Å². The molecule has 4 nitrogen and oxygen atoms in total. The molecule has 0 aliphatic rings. The third-order valence-electron chi connectivity index (χ3n) is 2.39. The van der Waals surface area contributed by atoms with Gasteiger partial charge in [0, 0.05) is 0 Å². The van der Waals surface area contributed by atoms with Crippen LogP contribution in [0.5, 0.6) is 5.75 Å². The van der Waals surface area contributed by atoms with Crippen LogP contribution in [0, 0.1) is 6.92 Å². The van der Waals surface area contributed by atoms with Crippen molar-refractivity contribution < 1.29 is 4.74 Å². The molecule has 2 N–H and O–H groups in total. The standard InChI is InChI=1S/C12H12BrN3O/c1-7-10(13)11(14)16-12(15-7)8-5-3-4-6-9(8)17-2/h3-6H,1-2H3,(H2,14,15,16). The summed E-state index contributed by atoms with van der Waals surface area (Å²) in [5, 5.41) is 0. The Morgan fingerprint density at radius 3 is 2.59 bits per heavy atom. The third-order valence-corrected chi connectivity index (χ3v) is 3.37. The SMILES string of the molecule is COc1ccccc1-c1nc(C)c(Br)c(N)n1. The van der Waals surface area contributed by atoms with E-state index in [0.29, 0.717) is 11.6 Å². The van der Waals surface area contributed by atoms with Crippen molar-refractivity contribution in [2.45, 2.75) is 6.92 Å². The van der Waals surface area contributed by atoms with Gasteiger partial charge in [0.15, 0.2) is 5.82 Å². The number of nitrogens with two attached hydrogens (primary N) is 1. The molecule has 0 fully saturated rings. The van der Waals surface area contributed by atoms with Gasteiger partial charge in [0.05, 0.1) is 22.8 Å². The maximum Gasteiger partial charge on any atom is 0.165 e. The van der Waals surface area contributed by atoms with E-state index in [-0.39, 0.29) is 0 Å². The average molecular weight is 294 g/mol. The number of anilines is 1. The Morgan fingerprint density at radius 1 is 1.24 bits per heavy atom. The number of hydrogen-bond donors (Lipinski definition) is 1. The van der Waals surface area contributed by atoms with Gasteiger partial charge in [-0.15, -0.1) is 0 Å². The maximum absolute atomic E-state index is 5.81. The van der Waals surface area contributed by atoms with Crippen LogP contribution >= 0.6 is 15.9 Å². The molecule has 0 amide bonds. The highest BCUT2D eigenvalue weighted by Crippen LogP contribution is 2.30. The summed E-state index contributed by atoms with van der Waals surface area (Å²) in [5.41, 5.74) is 7.45. The molecule has 1 heterocycles. The summed E-state index contributed by atoms with van der Waals surface area (Å²) in [6, 6.07) is 7.58. The van der Waals surface area contributed by atoms with Gasteiger partial charge in [0.25, 0.3) is 0 Å². The Balaban J connectivity index is 2.61. The minimum Gasteiger partial charge on any atom is -0.496 e. The van der Waals surface area contributed by atoms with Crippen LogP contribution in [0.25, 0.3) is 11.4 Å². The van der Waals surface area contributed by atoms with Crippen molar-refractivity contribution in [1.29, 1.82) is 0 Å². The Labute approximate surface area is 108 Å². The minimum absolute atomic E-state index is 0.429. The van der Waals surface area contributed by atoms with Crippen LogP contribution in [-0.2, 0) is 0 Å². The molecule has 0 unspecified atom stereocenters. The molecular weight excluding hydrogens is 282 g/mol. The van der Waals surface area contributed by atoms with Gasteiger partial charge in [-0.3, -0.25) is 0 Å². The second kappa shape index (κ2) is 4.71. The second-order valence-corrected chi connectivity index (χ2v) is 4.33. The molecule has 2 rings (SSSR count). The highest BCUT2D eigenvalue weighted by Gasteiger charge is 2.11. The monoisotopic (exact) mass is 293 g/mol. The number of halogens is 1. The van der Waals surface area contributed by atoms with Crippen LogP contribution in [0.3, 0.4) is 0 Å². The fourth-order valence-corrected chi connectivity index (χ4v) is 1.71. The molecule has 0 aliphatic carbocycles. The number of rotatable bonds is 2. The van der Waals surface area contributed by atoms with E-state index in [0.717, 1.165) is 21.5 Å². The van der Waals surface area contributed by atoms with Crippen molar-refractivity contribution >= 4 is 21.7 Å². The van der Waals surface area contributed by atoms with Crippen molar-refractivity contribution in [2.75, 3.05) is 12.8 Å². The Bertz CT molecular complexity index is 534. The molecule has 0 atom stereocenters. The molecule has 0 saturated carbocycles. The molecule has 2 aromatic rings. The lowest BCUT2D eigenvalue weighted by Crippen LogP contribution is -2.01. The van der Waals surface area contributed by atoms with E-state index in [1.165, 1.54) is 0 Å². The van der Waals surface area contributed by atoms with Gasteiger partial charge in [-0.2, -0.15) is 0 Å². The zero-order chi connectivity index (χ0) is 12.4. The van der Waals surface area contributed by atoms with E-state index in [1.807, 2.05) is 31.2 Å². The number of para-hydroxylation sites is 1. The molecule has 1 aromatic carbocycles. The molecule has 0 spiro atoms. The van der Waals surface area contributed by atoms with E-state index in [9.17, 15) is 0 Å². The fraction of sp³-hybridized carbons (Fsp3) is 0.167. The van der Waals surface area contributed by atoms with Gasteiger partial charge in [-0.1, -0.05) is 12.1 Å². The highest BCUT2D eigenvalue weighted by molar-refractivity contribution is 9.10. The quantitative estimate of drug-likeness (QED) is 0.925. The number of methoxy groups -OCH3 is 1. The predicted octanol–water partition coefficient (Wildman–Crippen LogP) is 2.81. The Kier molecular flexibility index (Phi) is 3.28. The first-order valence-corrected chi connectivity index (χ1v) is 5.85. The average Bonchev–Trinajstić information content (AvgIpc) is 2.35. The molecular formula is C12H12BrN3O. The van der Waals surface area contributed by atoms with Gasteiger partial charge >= 0.3 is 0 Å². The number of nitrogens with zero attached hydrogens (tertiary/aromatic N) is 2. The lowest BCUT2D eigenvalue weighted by atomic mass is 10.2. The van der Waals surface area contributed by atoms with Crippen LogP contribution < -0.4 is 10.5 Å². The first-order chi connectivity index (χ1) is 8.13. The Morgan fingerprint density at radius 2 is 1.94 bits per heavy atom. The smallest absolute Gasteiger partial charge is 0.165 e. The number of benzene rings is 1. The van der Waals surface area contributed by atoms with Gasteiger partial charge in [0.2, 0.25) is 0 Å². The van der Waals surface area contributed by atoms with Gasteiger partial charge in [-0.05, 0) is 35.0 Å². The number of ether oxygens (including phenoxy) is 1. The molecule has 88 valence electrons. The molecule has 17 heavy (non-hydrogen) atoms. The lowest BCUT2D eigenvalue weighted by Gasteiger charge is -2.09. The molecule has 0 aliphatic heterocycles. The molecule has 1 aromatic heterocycles. The zero-order valence-corrected chi connectivity index (χ0v) is 11.2. The van der Waals surface area contributed by atoms with E-state index in [2.05, 4.69) is 25.9 Å². The second-order valence-electron chi connectivity index (χ2n) is 3.53. The van der Waals surface area contributed by atoms with E-state index < -0.39 is 0 Å². The van der Waals surface area contributed by atoms with E-state index >= 15 is 0 Å². The van der Waals surface area contributed by atoms with Gasteiger partial charge < -0.3 is 10.5 Å². The normalized spacial score (nSPS) is 10.3. The summed E-state index contributed by atoms with van der Waals surface area (Å²) in [5.74, 6) is 1.73. The van der Waals surface area contributed by atoms with Gasteiger partial charge in [-0.25, -0.2) is 9.97 Å². The fourth-order valence-electron chi connectivity index (χ4n) is 1.53. The van der Waals surface area contributed by atoms with E-state index in [4.69, 9.17) is 10.5 Å². The minimum atomic E-state index is 0.429. The summed E-state index contributed by atoms with van der Waals surface area (Å²) >= 11 is 3.34. The first-order valence-electron chi connectivity index (χ1n) is 5.06. The zero-order valence-electron chi connectivity index (χ0n) is 9.57. The van der Waals surface area contributed by atoms with Crippen LogP contribution in [0.15, 0.2) is 28.7 Å². The Hall–Kier alpha value is -1.62. The first kappa shape index (κ1) is 11.9. The third kappa shape index (κ3) is 2.24. The van der Waals surface area contributed by atoms with Crippen molar-refractivity contribution in [3.63, 3.8) is 0 Å². The summed E-state index contributed by atoms with van der Waals surface area (Å²) in [6.07, 6.45) is 0. The number of hydrogen-bond acceptors (Lipinski definition) is 4. The summed E-state index contributed by atoms with van der Waals surface area (Å²) in [6.45, 7) is 1.88. The molecule has 0 bridgehead atoms. The van der Waals surface area contributed by atoms with Crippen LogP contribution in [0.4, 0.5) is 5.82 Å². The van der Waals surface area contributed by atoms with Crippen molar-refractivity contribution in [1.82, 2.24) is 9.97 Å². The maximum atomic E-state index is 5.81. The highest BCUT2D eigenvalue weighted by atomic mass is 79.9. The van der Waals surface area contributed by atoms with Crippen LogP contribution in [0.2, 0.25) is 0 Å². The summed E-state index contributed by atoms with van der Waals surface area (Å²) < 4.78 is 6.01. The van der Waals surface area contributed by atoms with Gasteiger partial charge in [0.1, 0.15) is 11.6 Å². The number of nitrogen functional groups attached to an aromatic ring is 1. The number of aryl methyl sites for hydroxylation is 1. The van der Waals surface area contributed by atoms with Crippen LogP contribution in [-0.4, -0.2) is 17.1 Å². The predicted molar refractivity (Wildman–Crippen MR) is 70.9 cm³/mol. The molecule has 0 saturated heterocycles. The topological polar surface area (TPSA) is 61.0 Å². The number of aromatic nitrogens is 2. The summed E-state index contributed by atoms with van der Waals surface area (Å²) in [4.78, 5) is 8.65. The largest absolute Gasteiger partial charge is 0.496 e. The molecule has 5 heteroatoms. The van der Waals surface area contributed by atoms with Crippen molar-refractivity contribution in [3.8, 4) is 17.1 Å². The lowest BCUT2D eigenvalue weighted by molar-refractivity contribution is 0.416. The van der Waals surface area contributed by atoms with Crippen molar-refractivity contribution in [2.24, 2.45) is 0 Å².